The number of amides is 1. The van der Waals surface area contributed by atoms with Gasteiger partial charge in [0.15, 0.2) is 0 Å². The van der Waals surface area contributed by atoms with E-state index >= 15 is 0 Å². The standard InChI is InChI=1S/C14H17BrN2O3/c1-14(13(19)20)5-2-6-17(14)12(18)11-7-9(15)8-16(11)10-3-4-10/h7-8,10H,2-6H2,1H3,(H,19,20). The predicted octanol–water partition coefficient (Wildman–Crippen LogP) is 2.66. The third-order valence-electron chi connectivity index (χ3n) is 4.32. The van der Waals surface area contributed by atoms with Crippen LogP contribution in [0, 0.1) is 0 Å². The molecule has 3 rings (SSSR count). The van der Waals surface area contributed by atoms with E-state index in [1.54, 1.807) is 13.0 Å². The molecule has 2 aliphatic rings. The van der Waals surface area contributed by atoms with Gasteiger partial charge in [-0.25, -0.2) is 4.79 Å². The van der Waals surface area contributed by atoms with Crippen LogP contribution < -0.4 is 0 Å². The number of hydrogen-bond donors (Lipinski definition) is 1. The molecule has 1 unspecified atom stereocenters. The first kappa shape index (κ1) is 13.7. The van der Waals surface area contributed by atoms with E-state index in [0.29, 0.717) is 24.7 Å². The van der Waals surface area contributed by atoms with Gasteiger partial charge in [-0.3, -0.25) is 4.79 Å². The van der Waals surface area contributed by atoms with E-state index < -0.39 is 11.5 Å². The van der Waals surface area contributed by atoms with Gasteiger partial charge in [-0.1, -0.05) is 0 Å². The number of likely N-dealkylation sites (tertiary alicyclic amines) is 1. The molecule has 1 saturated heterocycles. The monoisotopic (exact) mass is 340 g/mol. The van der Waals surface area contributed by atoms with Gasteiger partial charge in [-0.15, -0.1) is 0 Å². The number of halogens is 1. The van der Waals surface area contributed by atoms with Gasteiger partial charge >= 0.3 is 5.97 Å². The number of carbonyl (C=O) groups is 2. The van der Waals surface area contributed by atoms with Crippen LogP contribution in [0.4, 0.5) is 0 Å². The van der Waals surface area contributed by atoms with Gasteiger partial charge in [0.05, 0.1) is 0 Å². The van der Waals surface area contributed by atoms with Crippen molar-refractivity contribution in [1.82, 2.24) is 9.47 Å². The Morgan fingerprint density at radius 1 is 1.45 bits per heavy atom. The first-order valence-corrected chi connectivity index (χ1v) is 7.65. The fourth-order valence-electron chi connectivity index (χ4n) is 2.92. The smallest absolute Gasteiger partial charge is 0.329 e. The summed E-state index contributed by atoms with van der Waals surface area (Å²) in [5.74, 6) is -1.10. The Morgan fingerprint density at radius 3 is 2.75 bits per heavy atom. The van der Waals surface area contributed by atoms with E-state index in [0.717, 1.165) is 23.7 Å². The Hall–Kier alpha value is -1.30. The number of carbonyl (C=O) groups excluding carboxylic acids is 1. The second-order valence-electron chi connectivity index (χ2n) is 5.82. The quantitative estimate of drug-likeness (QED) is 0.919. The largest absolute Gasteiger partial charge is 0.480 e. The molecule has 0 bridgehead atoms. The fraction of sp³-hybridized carbons (Fsp3) is 0.571. The van der Waals surface area contributed by atoms with Crippen LogP contribution in [0.15, 0.2) is 16.7 Å². The normalized spacial score (nSPS) is 26.0. The van der Waals surface area contributed by atoms with Gasteiger partial charge in [0, 0.05) is 23.3 Å². The maximum absolute atomic E-state index is 12.8. The van der Waals surface area contributed by atoms with Crippen molar-refractivity contribution in [2.75, 3.05) is 6.54 Å². The molecule has 2 heterocycles. The molecule has 1 aliphatic heterocycles. The fourth-order valence-corrected chi connectivity index (χ4v) is 3.36. The van der Waals surface area contributed by atoms with E-state index in [9.17, 15) is 14.7 Å². The lowest BCUT2D eigenvalue weighted by atomic mass is 9.99. The van der Waals surface area contributed by atoms with E-state index in [1.165, 1.54) is 4.90 Å². The predicted molar refractivity (Wildman–Crippen MR) is 76.7 cm³/mol. The average molecular weight is 341 g/mol. The van der Waals surface area contributed by atoms with Gasteiger partial charge in [0.1, 0.15) is 11.2 Å². The van der Waals surface area contributed by atoms with Crippen LogP contribution >= 0.6 is 15.9 Å². The molecule has 1 N–H and O–H groups in total. The van der Waals surface area contributed by atoms with E-state index in [2.05, 4.69) is 15.9 Å². The molecular weight excluding hydrogens is 324 g/mol. The molecule has 0 spiro atoms. The highest BCUT2D eigenvalue weighted by Crippen LogP contribution is 2.39. The SMILES string of the molecule is CC1(C(=O)O)CCCN1C(=O)c1cc(Br)cn1C1CC1. The van der Waals surface area contributed by atoms with Gasteiger partial charge < -0.3 is 14.6 Å². The lowest BCUT2D eigenvalue weighted by molar-refractivity contribution is -0.147. The van der Waals surface area contributed by atoms with Gasteiger partial charge in [0.25, 0.3) is 5.91 Å². The third-order valence-corrected chi connectivity index (χ3v) is 4.76. The number of aromatic nitrogens is 1. The molecule has 1 aromatic rings. The number of carboxylic acid groups (broad SMARTS) is 1. The van der Waals surface area contributed by atoms with E-state index in [1.807, 2.05) is 10.8 Å². The Morgan fingerprint density at radius 2 is 2.15 bits per heavy atom. The molecule has 0 radical (unpaired) electrons. The molecule has 1 aliphatic carbocycles. The number of nitrogens with zero attached hydrogens (tertiary/aromatic N) is 2. The van der Waals surface area contributed by atoms with Crippen molar-refractivity contribution < 1.29 is 14.7 Å². The van der Waals surface area contributed by atoms with Gasteiger partial charge in [-0.2, -0.15) is 0 Å². The maximum atomic E-state index is 12.8. The van der Waals surface area contributed by atoms with E-state index in [-0.39, 0.29) is 5.91 Å². The van der Waals surface area contributed by atoms with E-state index in [4.69, 9.17) is 0 Å². The van der Waals surface area contributed by atoms with Crippen LogP contribution in [0.1, 0.15) is 49.1 Å². The van der Waals surface area contributed by atoms with Gasteiger partial charge in [-0.05, 0) is 54.6 Å². The molecule has 1 saturated carbocycles. The zero-order valence-electron chi connectivity index (χ0n) is 11.3. The number of hydrogen-bond acceptors (Lipinski definition) is 2. The van der Waals surface area contributed by atoms with Crippen molar-refractivity contribution in [2.24, 2.45) is 0 Å². The summed E-state index contributed by atoms with van der Waals surface area (Å²) in [5, 5.41) is 9.42. The Labute approximate surface area is 125 Å². The summed E-state index contributed by atoms with van der Waals surface area (Å²) in [6, 6.07) is 2.18. The summed E-state index contributed by atoms with van der Waals surface area (Å²) in [7, 11) is 0. The highest BCUT2D eigenvalue weighted by atomic mass is 79.9. The molecule has 0 aromatic carbocycles. The molecule has 1 atom stereocenters. The van der Waals surface area contributed by atoms with Crippen molar-refractivity contribution >= 4 is 27.8 Å². The van der Waals surface area contributed by atoms with Crippen molar-refractivity contribution in [3.63, 3.8) is 0 Å². The average Bonchev–Trinajstić information content (AvgIpc) is 3.05. The number of rotatable bonds is 3. The molecule has 1 amide bonds. The minimum Gasteiger partial charge on any atom is -0.480 e. The highest BCUT2D eigenvalue weighted by Gasteiger charge is 2.47. The second-order valence-corrected chi connectivity index (χ2v) is 6.74. The Balaban J connectivity index is 1.94. The summed E-state index contributed by atoms with van der Waals surface area (Å²) < 4.78 is 2.84. The first-order valence-electron chi connectivity index (χ1n) is 6.86. The summed E-state index contributed by atoms with van der Waals surface area (Å²) in [5.41, 5.74) is -0.490. The van der Waals surface area contributed by atoms with Crippen molar-refractivity contribution in [1.29, 1.82) is 0 Å². The minimum atomic E-state index is -1.08. The molecule has 108 valence electrons. The molecule has 20 heavy (non-hydrogen) atoms. The molecular formula is C14H17BrN2O3. The summed E-state index contributed by atoms with van der Waals surface area (Å²) >= 11 is 3.41. The zero-order valence-corrected chi connectivity index (χ0v) is 12.9. The van der Waals surface area contributed by atoms with Crippen molar-refractivity contribution in [3.8, 4) is 0 Å². The molecule has 1 aromatic heterocycles. The second kappa shape index (κ2) is 4.62. The number of carboxylic acids is 1. The minimum absolute atomic E-state index is 0.176. The van der Waals surface area contributed by atoms with Crippen molar-refractivity contribution in [3.05, 3.63) is 22.4 Å². The lowest BCUT2D eigenvalue weighted by Gasteiger charge is -2.31. The lowest BCUT2D eigenvalue weighted by Crippen LogP contribution is -2.51. The van der Waals surface area contributed by atoms with Crippen LogP contribution in [0.25, 0.3) is 0 Å². The molecule has 6 heteroatoms. The third kappa shape index (κ3) is 2.06. The molecule has 2 fully saturated rings. The van der Waals surface area contributed by atoms with Crippen LogP contribution in [0.2, 0.25) is 0 Å². The summed E-state index contributed by atoms with van der Waals surface area (Å²) in [6.07, 6.45) is 5.33. The maximum Gasteiger partial charge on any atom is 0.329 e. The Kier molecular flexibility index (Phi) is 3.16. The van der Waals surface area contributed by atoms with Crippen LogP contribution in [-0.2, 0) is 4.79 Å². The summed E-state index contributed by atoms with van der Waals surface area (Å²) in [4.78, 5) is 25.8. The number of aliphatic carboxylic acids is 1. The topological polar surface area (TPSA) is 62.5 Å². The summed E-state index contributed by atoms with van der Waals surface area (Å²) in [6.45, 7) is 2.15. The van der Waals surface area contributed by atoms with Crippen LogP contribution in [-0.4, -0.2) is 38.5 Å². The Bertz CT molecular complexity index is 579. The first-order chi connectivity index (χ1) is 9.43. The van der Waals surface area contributed by atoms with Gasteiger partial charge in [0.2, 0.25) is 0 Å². The zero-order chi connectivity index (χ0) is 14.5. The highest BCUT2D eigenvalue weighted by molar-refractivity contribution is 9.10. The molecule has 5 nitrogen and oxygen atoms in total. The van der Waals surface area contributed by atoms with Crippen LogP contribution in [0.5, 0.6) is 0 Å². The van der Waals surface area contributed by atoms with Crippen LogP contribution in [0.3, 0.4) is 0 Å². The van der Waals surface area contributed by atoms with Crippen molar-refractivity contribution in [2.45, 2.75) is 44.2 Å².